The van der Waals surface area contributed by atoms with E-state index in [4.69, 9.17) is 5.11 Å². The second kappa shape index (κ2) is 5.61. The molecule has 0 radical (unpaired) electrons. The fourth-order valence-electron chi connectivity index (χ4n) is 1.49. The van der Waals surface area contributed by atoms with Crippen molar-refractivity contribution in [2.24, 2.45) is 5.92 Å². The first kappa shape index (κ1) is 13.4. The van der Waals surface area contributed by atoms with E-state index in [9.17, 15) is 13.6 Å². The van der Waals surface area contributed by atoms with Crippen molar-refractivity contribution in [3.63, 3.8) is 0 Å². The first-order chi connectivity index (χ1) is 7.90. The van der Waals surface area contributed by atoms with E-state index in [1.165, 1.54) is 6.07 Å². The van der Waals surface area contributed by atoms with E-state index < -0.39 is 23.6 Å². The van der Waals surface area contributed by atoms with Crippen molar-refractivity contribution >= 4 is 11.7 Å². The molecular formula is C12H15F2NO2. The largest absolute Gasteiger partial charge is 0.480 e. The SMILES string of the molecule is CC(C)CC(Nc1ccc(F)cc1F)C(=O)O. The number of hydrogen-bond donors (Lipinski definition) is 2. The number of halogens is 2. The smallest absolute Gasteiger partial charge is 0.326 e. The van der Waals surface area contributed by atoms with E-state index in [1.807, 2.05) is 13.8 Å². The number of carboxylic acid groups (broad SMARTS) is 1. The number of anilines is 1. The van der Waals surface area contributed by atoms with Gasteiger partial charge in [-0.25, -0.2) is 13.6 Å². The number of nitrogens with one attached hydrogen (secondary N) is 1. The van der Waals surface area contributed by atoms with E-state index in [0.29, 0.717) is 6.42 Å². The Hall–Kier alpha value is -1.65. The molecule has 0 amide bonds. The van der Waals surface area contributed by atoms with Crippen LogP contribution in [0.3, 0.4) is 0 Å². The summed E-state index contributed by atoms with van der Waals surface area (Å²) in [4.78, 5) is 11.0. The third kappa shape index (κ3) is 4.01. The molecule has 94 valence electrons. The predicted octanol–water partition coefficient (Wildman–Crippen LogP) is 2.88. The Bertz CT molecular complexity index is 407. The van der Waals surface area contributed by atoms with Gasteiger partial charge in [-0.15, -0.1) is 0 Å². The van der Waals surface area contributed by atoms with Crippen molar-refractivity contribution in [2.75, 3.05) is 5.32 Å². The first-order valence-corrected chi connectivity index (χ1v) is 5.34. The van der Waals surface area contributed by atoms with Crippen LogP contribution in [0.15, 0.2) is 18.2 Å². The maximum Gasteiger partial charge on any atom is 0.326 e. The van der Waals surface area contributed by atoms with Gasteiger partial charge in [0.25, 0.3) is 0 Å². The number of carbonyl (C=O) groups is 1. The van der Waals surface area contributed by atoms with Crippen LogP contribution in [-0.4, -0.2) is 17.1 Å². The van der Waals surface area contributed by atoms with E-state index in [1.54, 1.807) is 0 Å². The van der Waals surface area contributed by atoms with E-state index >= 15 is 0 Å². The number of benzene rings is 1. The highest BCUT2D eigenvalue weighted by molar-refractivity contribution is 5.77. The van der Waals surface area contributed by atoms with Crippen molar-refractivity contribution < 1.29 is 18.7 Å². The van der Waals surface area contributed by atoms with Crippen LogP contribution in [0.4, 0.5) is 14.5 Å². The van der Waals surface area contributed by atoms with Crippen molar-refractivity contribution in [1.29, 1.82) is 0 Å². The molecule has 1 aromatic carbocycles. The zero-order valence-electron chi connectivity index (χ0n) is 9.71. The minimum atomic E-state index is -1.05. The normalized spacial score (nSPS) is 12.5. The number of rotatable bonds is 5. The molecule has 0 saturated carbocycles. The summed E-state index contributed by atoms with van der Waals surface area (Å²) in [6.45, 7) is 3.75. The molecule has 0 aliphatic carbocycles. The van der Waals surface area contributed by atoms with Gasteiger partial charge < -0.3 is 10.4 Å². The van der Waals surface area contributed by atoms with Gasteiger partial charge in [-0.05, 0) is 24.5 Å². The molecule has 5 heteroatoms. The van der Waals surface area contributed by atoms with Gasteiger partial charge in [-0.1, -0.05) is 13.8 Å². The molecule has 0 aromatic heterocycles. The van der Waals surface area contributed by atoms with Gasteiger partial charge >= 0.3 is 5.97 Å². The minimum absolute atomic E-state index is 0.000509. The summed E-state index contributed by atoms with van der Waals surface area (Å²) in [7, 11) is 0. The molecule has 0 aliphatic rings. The van der Waals surface area contributed by atoms with Crippen molar-refractivity contribution in [2.45, 2.75) is 26.3 Å². The highest BCUT2D eigenvalue weighted by atomic mass is 19.1. The molecule has 1 rings (SSSR count). The molecule has 0 fully saturated rings. The second-order valence-corrected chi connectivity index (χ2v) is 4.29. The summed E-state index contributed by atoms with van der Waals surface area (Å²) in [5.74, 6) is -2.38. The summed E-state index contributed by atoms with van der Waals surface area (Å²) in [5, 5.41) is 11.5. The van der Waals surface area contributed by atoms with Crippen LogP contribution in [-0.2, 0) is 4.79 Å². The Balaban J connectivity index is 2.82. The van der Waals surface area contributed by atoms with E-state index in [2.05, 4.69) is 5.32 Å². The third-order valence-electron chi connectivity index (χ3n) is 2.27. The number of aliphatic carboxylic acids is 1. The predicted molar refractivity (Wildman–Crippen MR) is 60.9 cm³/mol. The Kier molecular flexibility index (Phi) is 4.43. The zero-order valence-corrected chi connectivity index (χ0v) is 9.71. The van der Waals surface area contributed by atoms with Gasteiger partial charge in [0, 0.05) is 6.07 Å². The number of carboxylic acids is 1. The monoisotopic (exact) mass is 243 g/mol. The summed E-state index contributed by atoms with van der Waals surface area (Å²) in [5.41, 5.74) is -0.000509. The Labute approximate surface area is 98.5 Å². The van der Waals surface area contributed by atoms with Crippen LogP contribution >= 0.6 is 0 Å². The van der Waals surface area contributed by atoms with Crippen LogP contribution in [0.5, 0.6) is 0 Å². The molecule has 2 N–H and O–H groups in total. The molecule has 1 unspecified atom stereocenters. The van der Waals surface area contributed by atoms with Crippen LogP contribution in [0.1, 0.15) is 20.3 Å². The molecule has 1 atom stereocenters. The molecule has 1 aromatic rings. The molecule has 0 bridgehead atoms. The minimum Gasteiger partial charge on any atom is -0.480 e. The summed E-state index contributed by atoms with van der Waals surface area (Å²) in [6, 6.07) is 2.12. The third-order valence-corrected chi connectivity index (χ3v) is 2.27. The maximum absolute atomic E-state index is 13.3. The van der Waals surface area contributed by atoms with Gasteiger partial charge in [-0.2, -0.15) is 0 Å². The number of hydrogen-bond acceptors (Lipinski definition) is 2. The van der Waals surface area contributed by atoms with Crippen molar-refractivity contribution in [3.05, 3.63) is 29.8 Å². The van der Waals surface area contributed by atoms with E-state index in [-0.39, 0.29) is 11.6 Å². The summed E-state index contributed by atoms with van der Waals surface area (Å²) >= 11 is 0. The summed E-state index contributed by atoms with van der Waals surface area (Å²) in [6.07, 6.45) is 0.367. The lowest BCUT2D eigenvalue weighted by Gasteiger charge is -2.18. The first-order valence-electron chi connectivity index (χ1n) is 5.34. The average Bonchev–Trinajstić information content (AvgIpc) is 2.19. The lowest BCUT2D eigenvalue weighted by Crippen LogP contribution is -2.31. The van der Waals surface area contributed by atoms with Gasteiger partial charge in [0.2, 0.25) is 0 Å². The highest BCUT2D eigenvalue weighted by Gasteiger charge is 2.19. The van der Waals surface area contributed by atoms with E-state index in [0.717, 1.165) is 12.1 Å². The topological polar surface area (TPSA) is 49.3 Å². The van der Waals surface area contributed by atoms with Crippen LogP contribution in [0.2, 0.25) is 0 Å². The molecule has 0 saturated heterocycles. The Morgan fingerprint density at radius 2 is 2.06 bits per heavy atom. The molecule has 17 heavy (non-hydrogen) atoms. The van der Waals surface area contributed by atoms with Gasteiger partial charge in [0.05, 0.1) is 5.69 Å². The van der Waals surface area contributed by atoms with Crippen LogP contribution < -0.4 is 5.32 Å². The quantitative estimate of drug-likeness (QED) is 0.836. The Morgan fingerprint density at radius 3 is 2.53 bits per heavy atom. The summed E-state index contributed by atoms with van der Waals surface area (Å²) < 4.78 is 26.0. The second-order valence-electron chi connectivity index (χ2n) is 4.29. The van der Waals surface area contributed by atoms with Gasteiger partial charge in [0.1, 0.15) is 17.7 Å². The lowest BCUT2D eigenvalue weighted by molar-refractivity contribution is -0.138. The van der Waals surface area contributed by atoms with Gasteiger partial charge in [0.15, 0.2) is 0 Å². The molecule has 0 aliphatic heterocycles. The maximum atomic E-state index is 13.3. The standard InChI is InChI=1S/C12H15F2NO2/c1-7(2)5-11(12(16)17)15-10-4-3-8(13)6-9(10)14/h3-4,6-7,11,15H,5H2,1-2H3,(H,16,17). The molecule has 0 heterocycles. The molecule has 0 spiro atoms. The Morgan fingerprint density at radius 1 is 1.41 bits per heavy atom. The van der Waals surface area contributed by atoms with Crippen molar-refractivity contribution in [1.82, 2.24) is 0 Å². The highest BCUT2D eigenvalue weighted by Crippen LogP contribution is 2.18. The van der Waals surface area contributed by atoms with Crippen LogP contribution in [0.25, 0.3) is 0 Å². The lowest BCUT2D eigenvalue weighted by atomic mass is 10.0. The fraction of sp³-hybridized carbons (Fsp3) is 0.417. The van der Waals surface area contributed by atoms with Gasteiger partial charge in [-0.3, -0.25) is 0 Å². The fourth-order valence-corrected chi connectivity index (χ4v) is 1.49. The zero-order chi connectivity index (χ0) is 13.0. The molecular weight excluding hydrogens is 228 g/mol. The molecule has 3 nitrogen and oxygen atoms in total. The van der Waals surface area contributed by atoms with Crippen molar-refractivity contribution in [3.8, 4) is 0 Å². The van der Waals surface area contributed by atoms with Crippen LogP contribution in [0, 0.1) is 17.6 Å². The average molecular weight is 243 g/mol.